The van der Waals surface area contributed by atoms with Crippen molar-refractivity contribution in [1.82, 2.24) is 5.32 Å². The molecule has 0 heterocycles. The van der Waals surface area contributed by atoms with Crippen molar-refractivity contribution in [1.29, 1.82) is 0 Å². The zero-order valence-corrected chi connectivity index (χ0v) is 19.3. The number of hydrogen-bond donors (Lipinski definition) is 1. The standard InChI is InChI=1S/C24H41NOSi/c1-7-11-23(25-18-20-12-9-8-10-13-20)22-16-14-21(15-17-22)19-26-27(5,6)24(2,3)4/h7-10,12-13,21-23,25H,1,11,14-19H2,2-6H3/t21?,22?,23-/m0/s1. The van der Waals surface area contributed by atoms with Gasteiger partial charge in [-0.15, -0.1) is 6.58 Å². The highest BCUT2D eigenvalue weighted by molar-refractivity contribution is 6.74. The molecule has 0 unspecified atom stereocenters. The average molecular weight is 388 g/mol. The Labute approximate surface area is 168 Å². The third-order valence-electron chi connectivity index (χ3n) is 6.78. The smallest absolute Gasteiger partial charge is 0.191 e. The molecular weight excluding hydrogens is 346 g/mol. The van der Waals surface area contributed by atoms with Gasteiger partial charge in [-0.2, -0.15) is 0 Å². The molecule has 0 saturated heterocycles. The first-order valence-electron chi connectivity index (χ1n) is 10.7. The summed E-state index contributed by atoms with van der Waals surface area (Å²) < 4.78 is 6.49. The topological polar surface area (TPSA) is 21.3 Å². The highest BCUT2D eigenvalue weighted by atomic mass is 28.4. The SMILES string of the molecule is C=CC[C@H](NCc1ccccc1)C1CCC(CO[Si](C)(C)C(C)(C)C)CC1. The van der Waals surface area contributed by atoms with Gasteiger partial charge in [-0.25, -0.2) is 0 Å². The molecule has 3 heteroatoms. The van der Waals surface area contributed by atoms with Crippen molar-refractivity contribution in [2.75, 3.05) is 6.61 Å². The molecule has 1 N–H and O–H groups in total. The quantitative estimate of drug-likeness (QED) is 0.383. The molecule has 152 valence electrons. The first kappa shape index (κ1) is 22.4. The van der Waals surface area contributed by atoms with E-state index in [-0.39, 0.29) is 0 Å². The third kappa shape index (κ3) is 6.89. The van der Waals surface area contributed by atoms with Crippen molar-refractivity contribution >= 4 is 8.32 Å². The van der Waals surface area contributed by atoms with Crippen molar-refractivity contribution in [3.05, 3.63) is 48.6 Å². The molecule has 1 aliphatic carbocycles. The minimum absolute atomic E-state index is 0.306. The molecule has 27 heavy (non-hydrogen) atoms. The second-order valence-electron chi connectivity index (χ2n) is 9.85. The third-order valence-corrected chi connectivity index (χ3v) is 11.3. The summed E-state index contributed by atoms with van der Waals surface area (Å²) in [5, 5.41) is 4.11. The van der Waals surface area contributed by atoms with Crippen LogP contribution in [0.25, 0.3) is 0 Å². The first-order chi connectivity index (χ1) is 12.7. The first-order valence-corrected chi connectivity index (χ1v) is 13.7. The molecule has 1 aromatic rings. The molecule has 2 nitrogen and oxygen atoms in total. The summed E-state index contributed by atoms with van der Waals surface area (Å²) in [5.74, 6) is 1.50. The van der Waals surface area contributed by atoms with Crippen molar-refractivity contribution in [2.24, 2.45) is 11.8 Å². The lowest BCUT2D eigenvalue weighted by atomic mass is 9.78. The maximum Gasteiger partial charge on any atom is 0.191 e. The normalized spacial score (nSPS) is 22.4. The number of nitrogens with one attached hydrogen (secondary N) is 1. The van der Waals surface area contributed by atoms with Crippen LogP contribution in [0.3, 0.4) is 0 Å². The van der Waals surface area contributed by atoms with Crippen LogP contribution >= 0.6 is 0 Å². The zero-order chi connectivity index (χ0) is 19.9. The van der Waals surface area contributed by atoms with Gasteiger partial charge in [-0.05, 0) is 67.6 Å². The number of hydrogen-bond acceptors (Lipinski definition) is 2. The Balaban J connectivity index is 1.80. The summed E-state index contributed by atoms with van der Waals surface area (Å²) in [4.78, 5) is 0. The van der Waals surface area contributed by atoms with Gasteiger partial charge in [0, 0.05) is 19.2 Å². The summed E-state index contributed by atoms with van der Waals surface area (Å²) in [6.07, 6.45) is 8.37. The van der Waals surface area contributed by atoms with Crippen LogP contribution in [0.2, 0.25) is 18.1 Å². The Kier molecular flexibility index (Phi) is 8.33. The van der Waals surface area contributed by atoms with E-state index in [1.54, 1.807) is 0 Å². The minimum Gasteiger partial charge on any atom is -0.417 e. The Morgan fingerprint density at radius 3 is 2.33 bits per heavy atom. The van der Waals surface area contributed by atoms with Gasteiger partial charge >= 0.3 is 0 Å². The van der Waals surface area contributed by atoms with Gasteiger partial charge < -0.3 is 9.74 Å². The van der Waals surface area contributed by atoms with Crippen molar-refractivity contribution < 1.29 is 4.43 Å². The van der Waals surface area contributed by atoms with E-state index >= 15 is 0 Å². The second-order valence-corrected chi connectivity index (χ2v) is 14.7. The summed E-state index contributed by atoms with van der Waals surface area (Å²) in [7, 11) is -1.62. The predicted molar refractivity (Wildman–Crippen MR) is 120 cm³/mol. The highest BCUT2D eigenvalue weighted by Gasteiger charge is 2.38. The molecule has 0 aliphatic heterocycles. The fraction of sp³-hybridized carbons (Fsp3) is 0.667. The largest absolute Gasteiger partial charge is 0.417 e. The van der Waals surface area contributed by atoms with Gasteiger partial charge in [0.05, 0.1) is 0 Å². The van der Waals surface area contributed by atoms with E-state index in [4.69, 9.17) is 4.43 Å². The van der Waals surface area contributed by atoms with Crippen LogP contribution in [0.4, 0.5) is 0 Å². The molecule has 0 amide bonds. The van der Waals surface area contributed by atoms with Crippen LogP contribution in [0, 0.1) is 11.8 Å². The van der Waals surface area contributed by atoms with Crippen molar-refractivity contribution in [3.63, 3.8) is 0 Å². The fourth-order valence-electron chi connectivity index (χ4n) is 3.77. The number of rotatable bonds is 9. The van der Waals surface area contributed by atoms with Gasteiger partial charge in [0.2, 0.25) is 0 Å². The van der Waals surface area contributed by atoms with Gasteiger partial charge in [-0.1, -0.05) is 57.2 Å². The van der Waals surface area contributed by atoms with E-state index in [1.165, 1.54) is 31.2 Å². The fourth-order valence-corrected chi connectivity index (χ4v) is 4.85. The predicted octanol–water partition coefficient (Wildman–Crippen LogP) is 6.55. The molecule has 0 spiro atoms. The van der Waals surface area contributed by atoms with E-state index in [2.05, 4.69) is 82.2 Å². The Bertz CT molecular complexity index is 555. The summed E-state index contributed by atoms with van der Waals surface area (Å²) >= 11 is 0. The lowest BCUT2D eigenvalue weighted by Gasteiger charge is -2.39. The molecule has 1 aromatic carbocycles. The van der Waals surface area contributed by atoms with E-state index in [0.29, 0.717) is 11.1 Å². The molecule has 0 radical (unpaired) electrons. The lowest BCUT2D eigenvalue weighted by molar-refractivity contribution is 0.154. The van der Waals surface area contributed by atoms with Gasteiger partial charge in [0.15, 0.2) is 8.32 Å². The van der Waals surface area contributed by atoms with Gasteiger partial charge in [0.25, 0.3) is 0 Å². The summed E-state index contributed by atoms with van der Waals surface area (Å²) in [5.41, 5.74) is 1.36. The van der Waals surface area contributed by atoms with Crippen molar-refractivity contribution in [3.8, 4) is 0 Å². The maximum absolute atomic E-state index is 6.49. The molecule has 1 saturated carbocycles. The van der Waals surface area contributed by atoms with Crippen molar-refractivity contribution in [2.45, 2.75) is 83.6 Å². The van der Waals surface area contributed by atoms with E-state index in [9.17, 15) is 0 Å². The average Bonchev–Trinajstić information content (AvgIpc) is 2.64. The second kappa shape index (κ2) is 10.0. The monoisotopic (exact) mass is 387 g/mol. The number of benzene rings is 1. The van der Waals surface area contributed by atoms with Gasteiger partial charge in [0.1, 0.15) is 0 Å². The molecule has 0 bridgehead atoms. The Morgan fingerprint density at radius 1 is 1.15 bits per heavy atom. The van der Waals surface area contributed by atoms with Crippen LogP contribution < -0.4 is 5.32 Å². The summed E-state index contributed by atoms with van der Waals surface area (Å²) in [6.45, 7) is 17.6. The van der Waals surface area contributed by atoms with Crippen LogP contribution in [0.1, 0.15) is 58.4 Å². The van der Waals surface area contributed by atoms with E-state index in [0.717, 1.165) is 31.4 Å². The Hall–Kier alpha value is -0.903. The van der Waals surface area contributed by atoms with Crippen LogP contribution in [0.15, 0.2) is 43.0 Å². The van der Waals surface area contributed by atoms with Crippen LogP contribution in [-0.2, 0) is 11.0 Å². The highest BCUT2D eigenvalue weighted by Crippen LogP contribution is 2.38. The Morgan fingerprint density at radius 2 is 1.78 bits per heavy atom. The van der Waals surface area contributed by atoms with E-state index in [1.807, 2.05) is 0 Å². The molecule has 0 aromatic heterocycles. The van der Waals surface area contributed by atoms with E-state index < -0.39 is 8.32 Å². The minimum atomic E-state index is -1.62. The van der Waals surface area contributed by atoms with Crippen LogP contribution in [0.5, 0.6) is 0 Å². The molecule has 1 aliphatic rings. The van der Waals surface area contributed by atoms with Gasteiger partial charge in [-0.3, -0.25) is 0 Å². The maximum atomic E-state index is 6.49. The molecular formula is C24H41NOSi. The molecule has 2 rings (SSSR count). The lowest BCUT2D eigenvalue weighted by Crippen LogP contribution is -2.43. The molecule has 1 fully saturated rings. The molecule has 1 atom stereocenters. The van der Waals surface area contributed by atoms with Crippen LogP contribution in [-0.4, -0.2) is 21.0 Å². The summed E-state index contributed by atoms with van der Waals surface area (Å²) in [6, 6.07) is 11.3. The zero-order valence-electron chi connectivity index (χ0n) is 18.3.